The van der Waals surface area contributed by atoms with Crippen LogP contribution in [0, 0.1) is 15.9 Å². The van der Waals surface area contributed by atoms with Gasteiger partial charge in [0.05, 0.1) is 15.1 Å². The first kappa shape index (κ1) is 13.9. The summed E-state index contributed by atoms with van der Waals surface area (Å²) in [7, 11) is 0. The van der Waals surface area contributed by atoms with Crippen molar-refractivity contribution in [2.45, 2.75) is 0 Å². The van der Waals surface area contributed by atoms with Gasteiger partial charge in [-0.15, -0.1) is 0 Å². The number of thiazole rings is 1. The Kier molecular flexibility index (Phi) is 3.56. The molecule has 0 N–H and O–H groups in total. The van der Waals surface area contributed by atoms with E-state index < -0.39 is 10.7 Å². The maximum Gasteiger partial charge on any atom is 0.279 e. The topological polar surface area (TPSA) is 65.3 Å². The lowest BCUT2D eigenvalue weighted by molar-refractivity contribution is -0.384. The van der Waals surface area contributed by atoms with Crippen molar-refractivity contribution in [3.8, 4) is 10.9 Å². The minimum Gasteiger partial charge on any atom is -0.428 e. The molecule has 2 aromatic carbocycles. The van der Waals surface area contributed by atoms with Gasteiger partial charge in [-0.25, -0.2) is 9.37 Å². The zero-order valence-electron chi connectivity index (χ0n) is 10.2. The summed E-state index contributed by atoms with van der Waals surface area (Å²) >= 11 is 4.28. The van der Waals surface area contributed by atoms with E-state index in [0.29, 0.717) is 14.7 Å². The van der Waals surface area contributed by atoms with Crippen LogP contribution < -0.4 is 4.74 Å². The van der Waals surface area contributed by atoms with Crippen LogP contribution in [0.1, 0.15) is 0 Å². The van der Waals surface area contributed by atoms with E-state index in [1.165, 1.54) is 30.3 Å². The molecule has 3 aromatic rings. The number of aromatic nitrogens is 1. The molecule has 0 aliphatic rings. The van der Waals surface area contributed by atoms with Crippen LogP contribution in [0.4, 0.5) is 10.1 Å². The van der Waals surface area contributed by atoms with E-state index >= 15 is 0 Å². The number of fused-ring (bicyclic) bond motifs is 1. The SMILES string of the molecule is O=[N+]([O-])c1ccc2nc(Oc3ccc(Br)cc3F)sc2c1. The summed E-state index contributed by atoms with van der Waals surface area (Å²) in [6.07, 6.45) is 0. The Balaban J connectivity index is 1.95. The summed E-state index contributed by atoms with van der Waals surface area (Å²) in [6, 6.07) is 8.73. The average Bonchev–Trinajstić information content (AvgIpc) is 2.83. The van der Waals surface area contributed by atoms with Gasteiger partial charge in [0.2, 0.25) is 0 Å². The van der Waals surface area contributed by atoms with Crippen molar-refractivity contribution in [3.05, 3.63) is 56.8 Å². The Bertz CT molecular complexity index is 853. The molecule has 5 nitrogen and oxygen atoms in total. The minimum atomic E-state index is -0.519. The number of hydrogen-bond acceptors (Lipinski definition) is 5. The second-order valence-electron chi connectivity index (χ2n) is 4.07. The second kappa shape index (κ2) is 5.38. The van der Waals surface area contributed by atoms with Gasteiger partial charge in [0, 0.05) is 16.6 Å². The summed E-state index contributed by atoms with van der Waals surface area (Å²) in [5, 5.41) is 11.0. The van der Waals surface area contributed by atoms with Crippen LogP contribution in [0.2, 0.25) is 0 Å². The molecule has 0 unspecified atom stereocenters. The monoisotopic (exact) mass is 368 g/mol. The van der Waals surface area contributed by atoms with Crippen LogP contribution in [0.25, 0.3) is 10.2 Å². The number of halogens is 2. The standard InChI is InChI=1S/C13H6BrFN2O3S/c14-7-1-4-11(9(15)5-7)20-13-16-10-3-2-8(17(18)19)6-12(10)21-13/h1-6H. The van der Waals surface area contributed by atoms with Crippen LogP contribution in [-0.2, 0) is 0 Å². The Labute approximate surface area is 130 Å². The molecule has 0 spiro atoms. The molecule has 106 valence electrons. The highest BCUT2D eigenvalue weighted by atomic mass is 79.9. The Hall–Kier alpha value is -2.06. The maximum absolute atomic E-state index is 13.7. The molecule has 21 heavy (non-hydrogen) atoms. The van der Waals surface area contributed by atoms with Crippen molar-refractivity contribution in [2.24, 2.45) is 0 Å². The van der Waals surface area contributed by atoms with E-state index in [2.05, 4.69) is 20.9 Å². The maximum atomic E-state index is 13.7. The molecule has 1 heterocycles. The van der Waals surface area contributed by atoms with Crippen molar-refractivity contribution < 1.29 is 14.1 Å². The smallest absolute Gasteiger partial charge is 0.279 e. The van der Waals surface area contributed by atoms with E-state index in [9.17, 15) is 14.5 Å². The largest absolute Gasteiger partial charge is 0.428 e. The third kappa shape index (κ3) is 2.86. The quantitative estimate of drug-likeness (QED) is 0.487. The molecule has 0 atom stereocenters. The van der Waals surface area contributed by atoms with Gasteiger partial charge in [0.1, 0.15) is 0 Å². The molecule has 0 radical (unpaired) electrons. The van der Waals surface area contributed by atoms with Crippen LogP contribution in [-0.4, -0.2) is 9.91 Å². The summed E-state index contributed by atoms with van der Waals surface area (Å²) < 4.78 is 20.3. The lowest BCUT2D eigenvalue weighted by atomic mass is 10.3. The van der Waals surface area contributed by atoms with Gasteiger partial charge in [-0.05, 0) is 24.3 Å². The van der Waals surface area contributed by atoms with Crippen molar-refractivity contribution in [3.63, 3.8) is 0 Å². The van der Waals surface area contributed by atoms with Crippen molar-refractivity contribution in [1.29, 1.82) is 0 Å². The molecule has 0 saturated heterocycles. The first-order chi connectivity index (χ1) is 10.0. The molecule has 0 amide bonds. The van der Waals surface area contributed by atoms with Gasteiger partial charge in [-0.2, -0.15) is 0 Å². The number of nitro groups is 1. The lowest BCUT2D eigenvalue weighted by Crippen LogP contribution is -1.87. The number of ether oxygens (including phenoxy) is 1. The third-order valence-electron chi connectivity index (χ3n) is 2.65. The Morgan fingerprint density at radius 3 is 2.81 bits per heavy atom. The first-order valence-electron chi connectivity index (χ1n) is 5.71. The fourth-order valence-corrected chi connectivity index (χ4v) is 2.90. The predicted octanol–water partition coefficient (Wildman–Crippen LogP) is 4.90. The number of non-ortho nitro benzene ring substituents is 1. The molecule has 0 bridgehead atoms. The number of hydrogen-bond donors (Lipinski definition) is 0. The van der Waals surface area contributed by atoms with Crippen molar-refractivity contribution in [1.82, 2.24) is 4.98 Å². The molecular weight excluding hydrogens is 363 g/mol. The fraction of sp³-hybridized carbons (Fsp3) is 0. The van der Waals surface area contributed by atoms with Gasteiger partial charge in [0.25, 0.3) is 10.9 Å². The normalized spacial score (nSPS) is 10.8. The van der Waals surface area contributed by atoms with E-state index in [1.54, 1.807) is 6.07 Å². The predicted molar refractivity (Wildman–Crippen MR) is 80.4 cm³/mol. The molecule has 8 heteroatoms. The van der Waals surface area contributed by atoms with Crippen LogP contribution in [0.15, 0.2) is 40.9 Å². The second-order valence-corrected chi connectivity index (χ2v) is 5.97. The molecular formula is C13H6BrFN2O3S. The number of nitro benzene ring substituents is 1. The van der Waals surface area contributed by atoms with E-state index in [1.807, 2.05) is 0 Å². The Morgan fingerprint density at radius 2 is 2.10 bits per heavy atom. The molecule has 0 saturated carbocycles. The highest BCUT2D eigenvalue weighted by molar-refractivity contribution is 9.10. The first-order valence-corrected chi connectivity index (χ1v) is 7.32. The number of benzene rings is 2. The molecule has 3 rings (SSSR count). The van der Waals surface area contributed by atoms with Crippen LogP contribution >= 0.6 is 27.3 Å². The van der Waals surface area contributed by atoms with E-state index in [4.69, 9.17) is 4.74 Å². The van der Waals surface area contributed by atoms with Crippen LogP contribution in [0.3, 0.4) is 0 Å². The third-order valence-corrected chi connectivity index (χ3v) is 4.04. The zero-order valence-corrected chi connectivity index (χ0v) is 12.6. The zero-order chi connectivity index (χ0) is 15.0. The minimum absolute atomic E-state index is 0.0208. The van der Waals surface area contributed by atoms with Gasteiger partial charge in [0.15, 0.2) is 11.6 Å². The summed E-state index contributed by atoms with van der Waals surface area (Å²) in [6.45, 7) is 0. The highest BCUT2D eigenvalue weighted by Crippen LogP contribution is 2.34. The number of nitrogens with zero attached hydrogens (tertiary/aromatic N) is 2. The van der Waals surface area contributed by atoms with Gasteiger partial charge >= 0.3 is 0 Å². The van der Waals surface area contributed by atoms with Crippen molar-refractivity contribution >= 4 is 43.2 Å². The van der Waals surface area contributed by atoms with Gasteiger partial charge in [-0.3, -0.25) is 10.1 Å². The molecule has 0 aliphatic carbocycles. The van der Waals surface area contributed by atoms with Crippen molar-refractivity contribution in [2.75, 3.05) is 0 Å². The summed E-state index contributed by atoms with van der Waals surface area (Å²) in [4.78, 5) is 14.4. The lowest BCUT2D eigenvalue weighted by Gasteiger charge is -2.02. The summed E-state index contributed by atoms with van der Waals surface area (Å²) in [5.74, 6) is -0.471. The Morgan fingerprint density at radius 1 is 1.29 bits per heavy atom. The van der Waals surface area contributed by atoms with Gasteiger partial charge < -0.3 is 4.74 Å². The average molecular weight is 369 g/mol. The van der Waals surface area contributed by atoms with Crippen LogP contribution in [0.5, 0.6) is 10.9 Å². The highest BCUT2D eigenvalue weighted by Gasteiger charge is 2.13. The van der Waals surface area contributed by atoms with E-state index in [-0.39, 0.29) is 16.6 Å². The van der Waals surface area contributed by atoms with Gasteiger partial charge in [-0.1, -0.05) is 27.3 Å². The molecule has 0 aliphatic heterocycles. The van der Waals surface area contributed by atoms with E-state index in [0.717, 1.165) is 11.3 Å². The number of rotatable bonds is 3. The fourth-order valence-electron chi connectivity index (χ4n) is 1.70. The molecule has 0 fully saturated rings. The summed E-state index contributed by atoms with van der Waals surface area (Å²) in [5.41, 5.74) is 0.547. The molecule has 1 aromatic heterocycles.